The minimum Gasteiger partial charge on any atom is -0.418 e. The van der Waals surface area contributed by atoms with Crippen LogP contribution >= 0.6 is 43.2 Å². The molecule has 0 aliphatic carbocycles. The van der Waals surface area contributed by atoms with E-state index in [0.29, 0.717) is 0 Å². The van der Waals surface area contributed by atoms with Crippen LogP contribution in [0.4, 0.5) is 17.3 Å². The summed E-state index contributed by atoms with van der Waals surface area (Å²) in [6.07, 6.45) is 2.06. The second kappa shape index (κ2) is 6.07. The quantitative estimate of drug-likeness (QED) is 0.407. The van der Waals surface area contributed by atoms with Crippen LogP contribution in [0.1, 0.15) is 6.92 Å². The fourth-order valence-corrected chi connectivity index (χ4v) is 3.43. The lowest BCUT2D eigenvalue weighted by Crippen LogP contribution is -2.30. The van der Waals surface area contributed by atoms with Crippen molar-refractivity contribution in [2.24, 2.45) is 0 Å². The Balaban J connectivity index is 0.000000292. The molecule has 0 spiro atoms. The second-order valence-corrected chi connectivity index (χ2v) is 5.76. The molecule has 0 aliphatic rings. The van der Waals surface area contributed by atoms with Gasteiger partial charge in [0.15, 0.2) is 6.20 Å². The molecule has 0 saturated heterocycles. The number of nitrogens with zero attached hydrogens (tertiary/aromatic N) is 1. The lowest BCUT2D eigenvalue weighted by molar-refractivity contribution is -0.699. The molecule has 0 bridgehead atoms. The summed E-state index contributed by atoms with van der Waals surface area (Å²) < 4.78 is 43.5. The number of thiazole rings is 1. The number of halogens is 6. The Bertz CT molecular complexity index is 284. The summed E-state index contributed by atoms with van der Waals surface area (Å²) in [4.78, 5) is 0. The van der Waals surface area contributed by atoms with Gasteiger partial charge in [0.25, 0.3) is 0 Å². The molecule has 0 N–H and O–H groups in total. The first-order chi connectivity index (χ1) is 6.24. The summed E-state index contributed by atoms with van der Waals surface area (Å²) in [5.74, 6) is 0. The standard InChI is InChI=1S/C5H6Br2NS.BF4/c1-2-8-3-4(6)9-5(8)7;2-1(3,4)5/h3H,2H2,1H3;/q+1;-1. The molecule has 0 fully saturated rings. The summed E-state index contributed by atoms with van der Waals surface area (Å²) in [5, 5.41) is 0. The van der Waals surface area contributed by atoms with Gasteiger partial charge < -0.3 is 17.3 Å². The molecule has 0 unspecified atom stereocenters. The molecule has 1 aromatic rings. The van der Waals surface area contributed by atoms with Crippen molar-refractivity contribution in [3.8, 4) is 0 Å². The van der Waals surface area contributed by atoms with Gasteiger partial charge in [-0.05, 0) is 34.2 Å². The molecule has 14 heavy (non-hydrogen) atoms. The first kappa shape index (κ1) is 14.4. The van der Waals surface area contributed by atoms with E-state index >= 15 is 0 Å². The molecule has 0 amide bonds. The molecule has 82 valence electrons. The highest BCUT2D eigenvalue weighted by atomic mass is 79.9. The molecular formula is C5H6BBr2F4NS. The van der Waals surface area contributed by atoms with Crippen LogP contribution in [0.15, 0.2) is 13.9 Å². The van der Waals surface area contributed by atoms with E-state index in [1.807, 2.05) is 0 Å². The maximum atomic E-state index is 9.75. The van der Waals surface area contributed by atoms with Gasteiger partial charge in [-0.25, -0.2) is 0 Å². The van der Waals surface area contributed by atoms with Crippen molar-refractivity contribution in [3.63, 3.8) is 0 Å². The fraction of sp³-hybridized carbons (Fsp3) is 0.400. The van der Waals surface area contributed by atoms with Crippen LogP contribution in [0.2, 0.25) is 0 Å². The third kappa shape index (κ3) is 7.75. The van der Waals surface area contributed by atoms with Crippen molar-refractivity contribution >= 4 is 50.5 Å². The van der Waals surface area contributed by atoms with Gasteiger partial charge in [-0.15, -0.1) is 0 Å². The highest BCUT2D eigenvalue weighted by Gasteiger charge is 2.20. The van der Waals surface area contributed by atoms with E-state index in [1.54, 1.807) is 11.3 Å². The molecule has 0 aliphatic heterocycles. The van der Waals surface area contributed by atoms with E-state index in [2.05, 4.69) is 49.5 Å². The minimum absolute atomic E-state index is 1.02. The highest BCUT2D eigenvalue weighted by molar-refractivity contribution is 9.12. The predicted molar refractivity (Wildman–Crippen MR) is 55.8 cm³/mol. The Hall–Kier alpha value is 0.375. The van der Waals surface area contributed by atoms with Gasteiger partial charge in [-0.3, -0.25) is 0 Å². The number of aromatic nitrogens is 1. The number of hydrogen-bond donors (Lipinski definition) is 0. The van der Waals surface area contributed by atoms with Crippen LogP contribution in [0.5, 0.6) is 0 Å². The third-order valence-electron chi connectivity index (χ3n) is 1.01. The largest absolute Gasteiger partial charge is 0.673 e. The van der Waals surface area contributed by atoms with Gasteiger partial charge in [0.1, 0.15) is 10.3 Å². The Kier molecular flexibility index (Phi) is 6.23. The molecular weight excluding hydrogens is 353 g/mol. The normalized spacial score (nSPS) is 10.8. The molecule has 1 rings (SSSR count). The highest BCUT2D eigenvalue weighted by Crippen LogP contribution is 2.21. The smallest absolute Gasteiger partial charge is 0.418 e. The number of hydrogen-bond acceptors (Lipinski definition) is 1. The Morgan fingerprint density at radius 2 is 1.79 bits per heavy atom. The minimum atomic E-state index is -6.00. The van der Waals surface area contributed by atoms with Gasteiger partial charge in [-0.2, -0.15) is 4.57 Å². The number of aryl methyl sites for hydroxylation is 1. The van der Waals surface area contributed by atoms with Crippen molar-refractivity contribution in [2.75, 3.05) is 0 Å². The summed E-state index contributed by atoms with van der Waals surface area (Å²) in [5.41, 5.74) is 0. The number of rotatable bonds is 1. The molecule has 0 aromatic carbocycles. The lowest BCUT2D eigenvalue weighted by Gasteiger charge is -1.94. The first-order valence-electron chi connectivity index (χ1n) is 3.45. The van der Waals surface area contributed by atoms with Crippen LogP contribution < -0.4 is 4.57 Å². The molecule has 1 aromatic heterocycles. The van der Waals surface area contributed by atoms with Crippen molar-refractivity contribution in [1.82, 2.24) is 0 Å². The SMILES string of the molecule is CC[n+]1cc(Br)sc1Br.F[B-](F)(F)F. The first-order valence-corrected chi connectivity index (χ1v) is 5.86. The molecule has 0 radical (unpaired) electrons. The van der Waals surface area contributed by atoms with E-state index < -0.39 is 7.25 Å². The molecule has 0 atom stereocenters. The summed E-state index contributed by atoms with van der Waals surface area (Å²) in [6.45, 7) is 3.13. The van der Waals surface area contributed by atoms with Gasteiger partial charge in [0, 0.05) is 15.9 Å². The Morgan fingerprint density at radius 1 is 1.36 bits per heavy atom. The van der Waals surface area contributed by atoms with Crippen LogP contribution in [0.3, 0.4) is 0 Å². The zero-order chi connectivity index (χ0) is 11.4. The zero-order valence-electron chi connectivity index (χ0n) is 6.99. The van der Waals surface area contributed by atoms with E-state index in [0.717, 1.165) is 14.2 Å². The van der Waals surface area contributed by atoms with Crippen molar-refractivity contribution in [1.29, 1.82) is 0 Å². The van der Waals surface area contributed by atoms with Gasteiger partial charge in [0.05, 0.1) is 0 Å². The summed E-state index contributed by atoms with van der Waals surface area (Å²) in [7, 11) is -6.00. The maximum absolute atomic E-state index is 9.75. The second-order valence-electron chi connectivity index (χ2n) is 2.07. The van der Waals surface area contributed by atoms with Crippen LogP contribution in [-0.2, 0) is 6.54 Å². The Labute approximate surface area is 99.5 Å². The van der Waals surface area contributed by atoms with Gasteiger partial charge in [-0.1, -0.05) is 0 Å². The molecule has 1 nitrogen and oxygen atoms in total. The lowest BCUT2D eigenvalue weighted by atomic mass is 10.3. The van der Waals surface area contributed by atoms with E-state index in [1.165, 1.54) is 0 Å². The fourth-order valence-electron chi connectivity index (χ4n) is 0.554. The van der Waals surface area contributed by atoms with Crippen LogP contribution in [-0.4, -0.2) is 7.25 Å². The maximum Gasteiger partial charge on any atom is 0.673 e. The van der Waals surface area contributed by atoms with Gasteiger partial charge >= 0.3 is 11.2 Å². The zero-order valence-corrected chi connectivity index (χ0v) is 11.0. The van der Waals surface area contributed by atoms with E-state index in [9.17, 15) is 17.3 Å². The summed E-state index contributed by atoms with van der Waals surface area (Å²) >= 11 is 8.51. The molecule has 1 heterocycles. The van der Waals surface area contributed by atoms with Crippen LogP contribution in [0, 0.1) is 0 Å². The van der Waals surface area contributed by atoms with E-state index in [4.69, 9.17) is 0 Å². The van der Waals surface area contributed by atoms with Crippen LogP contribution in [0.25, 0.3) is 0 Å². The van der Waals surface area contributed by atoms with Crippen molar-refractivity contribution < 1.29 is 21.8 Å². The molecule has 0 saturated carbocycles. The average molecular weight is 359 g/mol. The third-order valence-corrected chi connectivity index (χ3v) is 3.34. The van der Waals surface area contributed by atoms with Crippen molar-refractivity contribution in [2.45, 2.75) is 13.5 Å². The Morgan fingerprint density at radius 3 is 1.93 bits per heavy atom. The van der Waals surface area contributed by atoms with Gasteiger partial charge in [0.2, 0.25) is 0 Å². The summed E-state index contributed by atoms with van der Waals surface area (Å²) in [6, 6.07) is 0. The monoisotopic (exact) mass is 357 g/mol. The topological polar surface area (TPSA) is 3.88 Å². The molecule has 9 heteroatoms. The van der Waals surface area contributed by atoms with Crippen molar-refractivity contribution in [3.05, 3.63) is 13.9 Å². The van der Waals surface area contributed by atoms with E-state index in [-0.39, 0.29) is 0 Å². The predicted octanol–water partition coefficient (Wildman–Crippen LogP) is 3.88. The average Bonchev–Trinajstić information content (AvgIpc) is 2.25.